The van der Waals surface area contributed by atoms with Crippen molar-refractivity contribution in [2.75, 3.05) is 0 Å². The van der Waals surface area contributed by atoms with Crippen LogP contribution < -0.4 is 5.56 Å². The molecule has 0 atom stereocenters. The Kier molecular flexibility index (Phi) is 3.00. The molecule has 0 aromatic carbocycles. The van der Waals surface area contributed by atoms with Crippen LogP contribution in [-0.2, 0) is 12.9 Å². The first kappa shape index (κ1) is 11.2. The highest BCUT2D eigenvalue weighted by Crippen LogP contribution is 2.11. The van der Waals surface area contributed by atoms with Crippen LogP contribution in [0.2, 0.25) is 0 Å². The number of fused-ring (bicyclic) bond motifs is 1. The Morgan fingerprint density at radius 2 is 2.25 bits per heavy atom. The van der Waals surface area contributed by atoms with E-state index >= 15 is 0 Å². The third-order valence-electron chi connectivity index (χ3n) is 2.27. The van der Waals surface area contributed by atoms with Gasteiger partial charge < -0.3 is 0 Å². The summed E-state index contributed by atoms with van der Waals surface area (Å²) in [4.78, 5) is 16.3. The lowest BCUT2D eigenvalue weighted by molar-refractivity contribution is 0.767. The molecule has 0 aliphatic carbocycles. The predicted molar refractivity (Wildman–Crippen MR) is 65.5 cm³/mol. The summed E-state index contributed by atoms with van der Waals surface area (Å²) in [7, 11) is 1.76. The van der Waals surface area contributed by atoms with Crippen LogP contribution in [0, 0.1) is 0 Å². The molecule has 0 N–H and O–H groups in total. The Morgan fingerprint density at radius 1 is 1.50 bits per heavy atom. The van der Waals surface area contributed by atoms with Crippen molar-refractivity contribution in [2.45, 2.75) is 25.0 Å². The smallest absolute Gasteiger partial charge is 0.280 e. The van der Waals surface area contributed by atoms with E-state index in [9.17, 15) is 4.79 Å². The Hall–Kier alpha value is -1.30. The standard InChI is InChI=1S/C10H14N4OS/c1-7(2)16-6-14-5-11-8-4-12-13(3)9(8)10(14)15/h4-5,7H,6H2,1-3H3. The van der Waals surface area contributed by atoms with Crippen LogP contribution in [-0.4, -0.2) is 24.6 Å². The third-order valence-corrected chi connectivity index (χ3v) is 3.36. The Morgan fingerprint density at radius 3 is 2.94 bits per heavy atom. The topological polar surface area (TPSA) is 52.7 Å². The highest BCUT2D eigenvalue weighted by Gasteiger charge is 2.08. The van der Waals surface area contributed by atoms with Gasteiger partial charge in [-0.2, -0.15) is 5.10 Å². The van der Waals surface area contributed by atoms with Crippen molar-refractivity contribution in [2.24, 2.45) is 7.05 Å². The van der Waals surface area contributed by atoms with Gasteiger partial charge in [0.25, 0.3) is 5.56 Å². The van der Waals surface area contributed by atoms with Gasteiger partial charge in [0.15, 0.2) is 5.52 Å². The quantitative estimate of drug-likeness (QED) is 0.807. The van der Waals surface area contributed by atoms with Gasteiger partial charge in [-0.3, -0.25) is 14.0 Å². The molecule has 5 nitrogen and oxygen atoms in total. The van der Waals surface area contributed by atoms with Crippen LogP contribution in [0.5, 0.6) is 0 Å². The van der Waals surface area contributed by atoms with E-state index in [1.54, 1.807) is 40.6 Å². The van der Waals surface area contributed by atoms with Crippen molar-refractivity contribution >= 4 is 22.8 Å². The van der Waals surface area contributed by atoms with E-state index in [0.717, 1.165) is 0 Å². The molecular weight excluding hydrogens is 224 g/mol. The first-order valence-corrected chi connectivity index (χ1v) is 6.13. The summed E-state index contributed by atoms with van der Waals surface area (Å²) in [5.74, 6) is 0.630. The molecule has 2 aromatic heterocycles. The molecular formula is C10H14N4OS. The van der Waals surface area contributed by atoms with Gasteiger partial charge in [-0.05, 0) is 0 Å². The monoisotopic (exact) mass is 238 g/mol. The van der Waals surface area contributed by atoms with Gasteiger partial charge in [-0.15, -0.1) is 11.8 Å². The maximum Gasteiger partial charge on any atom is 0.280 e. The van der Waals surface area contributed by atoms with E-state index in [1.807, 2.05) is 0 Å². The summed E-state index contributed by atoms with van der Waals surface area (Å²) in [6.07, 6.45) is 3.19. The van der Waals surface area contributed by atoms with Gasteiger partial charge in [-0.25, -0.2) is 4.98 Å². The van der Waals surface area contributed by atoms with Crippen LogP contribution in [0.15, 0.2) is 17.3 Å². The van der Waals surface area contributed by atoms with E-state index in [2.05, 4.69) is 23.9 Å². The molecule has 0 aliphatic rings. The second-order valence-corrected chi connectivity index (χ2v) is 5.40. The molecule has 0 bridgehead atoms. The highest BCUT2D eigenvalue weighted by molar-refractivity contribution is 7.98. The second-order valence-electron chi connectivity index (χ2n) is 3.87. The molecule has 6 heteroatoms. The van der Waals surface area contributed by atoms with Crippen molar-refractivity contribution in [3.63, 3.8) is 0 Å². The maximum absolute atomic E-state index is 12.1. The van der Waals surface area contributed by atoms with E-state index in [0.29, 0.717) is 22.2 Å². The molecule has 0 fully saturated rings. The lowest BCUT2D eigenvalue weighted by Crippen LogP contribution is -2.21. The van der Waals surface area contributed by atoms with Crippen LogP contribution in [0.3, 0.4) is 0 Å². The van der Waals surface area contributed by atoms with E-state index in [-0.39, 0.29) is 5.56 Å². The summed E-state index contributed by atoms with van der Waals surface area (Å²) >= 11 is 1.71. The van der Waals surface area contributed by atoms with Crippen LogP contribution >= 0.6 is 11.8 Å². The van der Waals surface area contributed by atoms with E-state index < -0.39 is 0 Å². The summed E-state index contributed by atoms with van der Waals surface area (Å²) in [6.45, 7) is 4.21. The average molecular weight is 238 g/mol. The van der Waals surface area contributed by atoms with Crippen molar-refractivity contribution in [1.29, 1.82) is 0 Å². The molecule has 0 saturated carbocycles. The summed E-state index contributed by atoms with van der Waals surface area (Å²) < 4.78 is 3.19. The fourth-order valence-corrected chi connectivity index (χ4v) is 2.05. The molecule has 2 rings (SSSR count). The largest absolute Gasteiger partial charge is 0.287 e. The molecule has 0 spiro atoms. The molecule has 0 amide bonds. The average Bonchev–Trinajstić information content (AvgIpc) is 2.60. The fourth-order valence-electron chi connectivity index (χ4n) is 1.41. The second kappa shape index (κ2) is 4.29. The first-order valence-electron chi connectivity index (χ1n) is 5.08. The van der Waals surface area contributed by atoms with Crippen LogP contribution in [0.25, 0.3) is 11.0 Å². The minimum atomic E-state index is -0.0295. The van der Waals surface area contributed by atoms with E-state index in [1.165, 1.54) is 0 Å². The Balaban J connectivity index is 2.44. The third kappa shape index (κ3) is 1.97. The number of rotatable bonds is 3. The zero-order chi connectivity index (χ0) is 11.7. The maximum atomic E-state index is 12.1. The number of aryl methyl sites for hydroxylation is 1. The molecule has 2 aromatic rings. The molecule has 86 valence electrons. The lowest BCUT2D eigenvalue weighted by atomic mass is 10.4. The minimum absolute atomic E-state index is 0.0295. The van der Waals surface area contributed by atoms with E-state index in [4.69, 9.17) is 0 Å². The Labute approximate surface area is 97.5 Å². The summed E-state index contributed by atoms with van der Waals surface area (Å²) in [5, 5.41) is 4.52. The molecule has 0 aliphatic heterocycles. The molecule has 0 radical (unpaired) electrons. The minimum Gasteiger partial charge on any atom is -0.287 e. The number of aromatic nitrogens is 4. The van der Waals surface area contributed by atoms with Gasteiger partial charge in [0.2, 0.25) is 0 Å². The molecule has 2 heterocycles. The fraction of sp³-hybridized carbons (Fsp3) is 0.500. The highest BCUT2D eigenvalue weighted by atomic mass is 32.2. The Bertz CT molecular complexity index is 557. The number of nitrogens with zero attached hydrogens (tertiary/aromatic N) is 4. The zero-order valence-corrected chi connectivity index (χ0v) is 10.4. The number of thioether (sulfide) groups is 1. The molecule has 0 unspecified atom stereocenters. The van der Waals surface area contributed by atoms with Crippen molar-refractivity contribution in [3.8, 4) is 0 Å². The number of hydrogen-bond acceptors (Lipinski definition) is 4. The van der Waals surface area contributed by atoms with Gasteiger partial charge in [-0.1, -0.05) is 13.8 Å². The van der Waals surface area contributed by atoms with Gasteiger partial charge in [0, 0.05) is 12.3 Å². The van der Waals surface area contributed by atoms with Gasteiger partial charge in [0.05, 0.1) is 18.4 Å². The SMILES string of the molecule is CC(C)SCn1cnc2cnn(C)c2c1=O. The summed E-state index contributed by atoms with van der Waals surface area (Å²) in [6, 6.07) is 0. The van der Waals surface area contributed by atoms with Crippen LogP contribution in [0.1, 0.15) is 13.8 Å². The predicted octanol–water partition coefficient (Wildman–Crippen LogP) is 1.23. The first-order chi connectivity index (χ1) is 7.59. The normalized spacial score (nSPS) is 11.5. The van der Waals surface area contributed by atoms with Gasteiger partial charge >= 0.3 is 0 Å². The zero-order valence-electron chi connectivity index (χ0n) is 9.54. The van der Waals surface area contributed by atoms with Crippen molar-refractivity contribution in [1.82, 2.24) is 19.3 Å². The summed E-state index contributed by atoms with van der Waals surface area (Å²) in [5.41, 5.74) is 1.18. The van der Waals surface area contributed by atoms with Gasteiger partial charge in [0.1, 0.15) is 5.52 Å². The van der Waals surface area contributed by atoms with Crippen molar-refractivity contribution < 1.29 is 0 Å². The number of hydrogen-bond donors (Lipinski definition) is 0. The molecule has 0 saturated heterocycles. The molecule has 16 heavy (non-hydrogen) atoms. The van der Waals surface area contributed by atoms with Crippen LogP contribution in [0.4, 0.5) is 0 Å². The lowest BCUT2D eigenvalue weighted by Gasteiger charge is -2.07. The van der Waals surface area contributed by atoms with Crippen molar-refractivity contribution in [3.05, 3.63) is 22.9 Å².